The fourth-order valence-corrected chi connectivity index (χ4v) is 2.43. The lowest BCUT2D eigenvalue weighted by Gasteiger charge is -2.14. The molecule has 1 atom stereocenters. The van der Waals surface area contributed by atoms with Crippen molar-refractivity contribution in [3.8, 4) is 0 Å². The van der Waals surface area contributed by atoms with E-state index in [1.807, 2.05) is 30.3 Å². The maximum Gasteiger partial charge on any atom is 0.311 e. The molecule has 19 heavy (non-hydrogen) atoms. The Morgan fingerprint density at radius 3 is 2.37 bits per heavy atom. The molecule has 0 aliphatic carbocycles. The van der Waals surface area contributed by atoms with Crippen molar-refractivity contribution < 1.29 is 9.90 Å². The van der Waals surface area contributed by atoms with Gasteiger partial charge in [0.2, 0.25) is 0 Å². The fraction of sp³-hybridized carbons (Fsp3) is 0.133. The van der Waals surface area contributed by atoms with Crippen LogP contribution in [0.25, 0.3) is 0 Å². The van der Waals surface area contributed by atoms with Crippen LogP contribution >= 0.6 is 23.2 Å². The van der Waals surface area contributed by atoms with Gasteiger partial charge in [-0.2, -0.15) is 0 Å². The lowest BCUT2D eigenvalue weighted by atomic mass is 9.92. The summed E-state index contributed by atoms with van der Waals surface area (Å²) in [4.78, 5) is 11.4. The molecular formula is C15H12Cl2O2. The number of carbonyl (C=O) groups is 1. The number of carboxylic acids is 1. The van der Waals surface area contributed by atoms with Gasteiger partial charge in [-0.05, 0) is 29.7 Å². The molecule has 0 unspecified atom stereocenters. The van der Waals surface area contributed by atoms with Crippen LogP contribution in [0.15, 0.2) is 48.5 Å². The van der Waals surface area contributed by atoms with Gasteiger partial charge in [0.05, 0.1) is 5.92 Å². The Morgan fingerprint density at radius 2 is 1.79 bits per heavy atom. The van der Waals surface area contributed by atoms with Crippen LogP contribution in [0.4, 0.5) is 0 Å². The van der Waals surface area contributed by atoms with Crippen molar-refractivity contribution in [1.82, 2.24) is 0 Å². The van der Waals surface area contributed by atoms with Crippen LogP contribution in [-0.2, 0) is 11.2 Å². The van der Waals surface area contributed by atoms with E-state index in [0.29, 0.717) is 16.5 Å². The Balaban J connectivity index is 2.29. The summed E-state index contributed by atoms with van der Waals surface area (Å²) in [5.74, 6) is -1.47. The van der Waals surface area contributed by atoms with Crippen molar-refractivity contribution in [2.75, 3.05) is 0 Å². The van der Waals surface area contributed by atoms with Gasteiger partial charge >= 0.3 is 5.97 Å². The first-order chi connectivity index (χ1) is 9.08. The van der Waals surface area contributed by atoms with Gasteiger partial charge in [-0.15, -0.1) is 0 Å². The van der Waals surface area contributed by atoms with Gasteiger partial charge in [0.1, 0.15) is 0 Å². The van der Waals surface area contributed by atoms with Crippen molar-refractivity contribution in [2.45, 2.75) is 12.3 Å². The van der Waals surface area contributed by atoms with Gasteiger partial charge in [0, 0.05) is 10.0 Å². The molecular weight excluding hydrogens is 283 g/mol. The molecule has 0 amide bonds. The predicted octanol–water partition coefficient (Wildman–Crippen LogP) is 4.40. The summed E-state index contributed by atoms with van der Waals surface area (Å²) >= 11 is 11.9. The van der Waals surface area contributed by atoms with Crippen molar-refractivity contribution in [3.05, 3.63) is 69.7 Å². The summed E-state index contributed by atoms with van der Waals surface area (Å²) in [5.41, 5.74) is 1.54. The van der Waals surface area contributed by atoms with Gasteiger partial charge in [-0.1, -0.05) is 59.6 Å². The minimum absolute atomic E-state index is 0.343. The maximum absolute atomic E-state index is 11.4. The monoisotopic (exact) mass is 294 g/mol. The van der Waals surface area contributed by atoms with Crippen LogP contribution in [0.1, 0.15) is 17.0 Å². The Bertz CT molecular complexity index is 582. The zero-order valence-electron chi connectivity index (χ0n) is 10.0. The molecule has 0 aromatic heterocycles. The summed E-state index contributed by atoms with van der Waals surface area (Å²) in [6, 6.07) is 14.2. The van der Waals surface area contributed by atoms with Crippen molar-refractivity contribution in [3.63, 3.8) is 0 Å². The maximum atomic E-state index is 11.4. The van der Waals surface area contributed by atoms with E-state index >= 15 is 0 Å². The van der Waals surface area contributed by atoms with Crippen LogP contribution in [0.2, 0.25) is 10.0 Å². The molecule has 0 bridgehead atoms. The Morgan fingerprint density at radius 1 is 1.11 bits per heavy atom. The van der Waals surface area contributed by atoms with Gasteiger partial charge in [0.25, 0.3) is 0 Å². The van der Waals surface area contributed by atoms with Crippen molar-refractivity contribution in [1.29, 1.82) is 0 Å². The minimum atomic E-state index is -0.864. The van der Waals surface area contributed by atoms with Gasteiger partial charge in [0.15, 0.2) is 0 Å². The SMILES string of the molecule is O=C(O)[C@H](Cc1ccc(Cl)cc1Cl)c1ccccc1. The highest BCUT2D eigenvalue weighted by molar-refractivity contribution is 6.35. The second kappa shape index (κ2) is 6.09. The Kier molecular flexibility index (Phi) is 4.46. The molecule has 98 valence electrons. The third-order valence-corrected chi connectivity index (χ3v) is 3.53. The second-order valence-electron chi connectivity index (χ2n) is 4.24. The molecule has 0 heterocycles. The van der Waals surface area contributed by atoms with Crippen molar-refractivity contribution >= 4 is 29.2 Å². The normalized spacial score (nSPS) is 12.1. The summed E-state index contributed by atoms with van der Waals surface area (Å²) in [5, 5.41) is 10.4. The topological polar surface area (TPSA) is 37.3 Å². The highest BCUT2D eigenvalue weighted by atomic mass is 35.5. The van der Waals surface area contributed by atoms with Crippen LogP contribution in [-0.4, -0.2) is 11.1 Å². The first-order valence-corrected chi connectivity index (χ1v) is 6.55. The third-order valence-electron chi connectivity index (χ3n) is 2.94. The standard InChI is InChI=1S/C15H12Cl2O2/c16-12-7-6-11(14(17)9-12)8-13(15(18)19)10-4-2-1-3-5-10/h1-7,9,13H,8H2,(H,18,19)/t13-/m1/s1. The Labute approximate surface area is 121 Å². The molecule has 0 aliphatic heterocycles. The molecule has 0 spiro atoms. The molecule has 2 aromatic rings. The number of rotatable bonds is 4. The van der Waals surface area contributed by atoms with E-state index in [-0.39, 0.29) is 0 Å². The molecule has 0 saturated heterocycles. The largest absolute Gasteiger partial charge is 0.481 e. The second-order valence-corrected chi connectivity index (χ2v) is 5.08. The van der Waals surface area contributed by atoms with E-state index in [9.17, 15) is 9.90 Å². The van der Waals surface area contributed by atoms with E-state index in [1.165, 1.54) is 0 Å². The molecule has 0 fully saturated rings. The number of halogens is 2. The van der Waals surface area contributed by atoms with E-state index in [2.05, 4.69) is 0 Å². The first-order valence-electron chi connectivity index (χ1n) is 5.79. The highest BCUT2D eigenvalue weighted by Crippen LogP contribution is 2.27. The quantitative estimate of drug-likeness (QED) is 0.907. The molecule has 2 rings (SSSR count). The number of carboxylic acid groups (broad SMARTS) is 1. The van der Waals surface area contributed by atoms with Crippen LogP contribution in [0.3, 0.4) is 0 Å². The van der Waals surface area contributed by atoms with E-state index in [1.54, 1.807) is 18.2 Å². The number of hydrogen-bond donors (Lipinski definition) is 1. The zero-order valence-corrected chi connectivity index (χ0v) is 11.5. The summed E-state index contributed by atoms with van der Waals surface area (Å²) in [6.45, 7) is 0. The minimum Gasteiger partial charge on any atom is -0.481 e. The van der Waals surface area contributed by atoms with E-state index in [0.717, 1.165) is 11.1 Å². The molecule has 2 nitrogen and oxygen atoms in total. The fourth-order valence-electron chi connectivity index (χ4n) is 1.94. The number of hydrogen-bond acceptors (Lipinski definition) is 1. The van der Waals surface area contributed by atoms with Crippen LogP contribution in [0.5, 0.6) is 0 Å². The first kappa shape index (κ1) is 13.9. The number of benzene rings is 2. The molecule has 0 aliphatic rings. The third kappa shape index (κ3) is 3.49. The zero-order chi connectivity index (χ0) is 13.8. The summed E-state index contributed by atoms with van der Waals surface area (Å²) in [7, 11) is 0. The van der Waals surface area contributed by atoms with Crippen molar-refractivity contribution in [2.24, 2.45) is 0 Å². The van der Waals surface area contributed by atoms with Gasteiger partial charge < -0.3 is 5.11 Å². The van der Waals surface area contributed by atoms with E-state index < -0.39 is 11.9 Å². The molecule has 0 saturated carbocycles. The van der Waals surface area contributed by atoms with Crippen LogP contribution < -0.4 is 0 Å². The highest BCUT2D eigenvalue weighted by Gasteiger charge is 2.21. The molecule has 0 radical (unpaired) electrons. The molecule has 4 heteroatoms. The summed E-state index contributed by atoms with van der Waals surface area (Å²) in [6.07, 6.45) is 0.343. The van der Waals surface area contributed by atoms with Gasteiger partial charge in [-0.3, -0.25) is 4.79 Å². The van der Waals surface area contributed by atoms with Crippen LogP contribution in [0, 0.1) is 0 Å². The predicted molar refractivity (Wildman–Crippen MR) is 77.0 cm³/mol. The smallest absolute Gasteiger partial charge is 0.311 e. The lowest BCUT2D eigenvalue weighted by Crippen LogP contribution is -2.14. The van der Waals surface area contributed by atoms with E-state index in [4.69, 9.17) is 23.2 Å². The summed E-state index contributed by atoms with van der Waals surface area (Å²) < 4.78 is 0. The molecule has 1 N–H and O–H groups in total. The van der Waals surface area contributed by atoms with Gasteiger partial charge in [-0.25, -0.2) is 0 Å². The Hall–Kier alpha value is -1.51. The number of aliphatic carboxylic acids is 1. The molecule has 2 aromatic carbocycles. The average Bonchev–Trinajstić information content (AvgIpc) is 2.38. The average molecular weight is 295 g/mol. The lowest BCUT2D eigenvalue weighted by molar-refractivity contribution is -0.138.